The molecule has 0 bridgehead atoms. The standard InChI is InChI=1S/C6H8BrNOS/c7-5-3-6(10-4-5)8-1-2-9/h3-4,8-9H,1-2H2. The van der Waals surface area contributed by atoms with Crippen molar-refractivity contribution in [3.8, 4) is 0 Å². The fourth-order valence-electron chi connectivity index (χ4n) is 0.585. The third kappa shape index (κ3) is 2.28. The minimum Gasteiger partial charge on any atom is -0.395 e. The van der Waals surface area contributed by atoms with Gasteiger partial charge in [-0.25, -0.2) is 0 Å². The lowest BCUT2D eigenvalue weighted by Crippen LogP contribution is -2.03. The van der Waals surface area contributed by atoms with E-state index in [0.29, 0.717) is 6.54 Å². The van der Waals surface area contributed by atoms with Crippen LogP contribution in [0.15, 0.2) is 15.9 Å². The molecule has 0 unspecified atom stereocenters. The maximum absolute atomic E-state index is 8.46. The highest BCUT2D eigenvalue weighted by Gasteiger charge is 1.93. The molecule has 1 rings (SSSR count). The minimum absolute atomic E-state index is 0.176. The molecule has 0 aliphatic rings. The van der Waals surface area contributed by atoms with E-state index in [-0.39, 0.29) is 6.61 Å². The smallest absolute Gasteiger partial charge is 0.0894 e. The molecule has 2 nitrogen and oxygen atoms in total. The predicted octanol–water partition coefficient (Wildman–Crippen LogP) is 1.91. The Bertz CT molecular complexity index is 201. The molecule has 4 heteroatoms. The summed E-state index contributed by atoms with van der Waals surface area (Å²) in [6.07, 6.45) is 0. The summed E-state index contributed by atoms with van der Waals surface area (Å²) in [6, 6.07) is 1.99. The van der Waals surface area contributed by atoms with Crippen LogP contribution in [0.3, 0.4) is 0 Å². The van der Waals surface area contributed by atoms with Crippen molar-refractivity contribution in [1.29, 1.82) is 0 Å². The maximum Gasteiger partial charge on any atom is 0.0894 e. The topological polar surface area (TPSA) is 32.3 Å². The summed E-state index contributed by atoms with van der Waals surface area (Å²) in [5.41, 5.74) is 0. The average Bonchev–Trinajstić information content (AvgIpc) is 2.31. The molecule has 0 aliphatic carbocycles. The van der Waals surface area contributed by atoms with E-state index in [2.05, 4.69) is 21.2 Å². The van der Waals surface area contributed by atoms with Gasteiger partial charge in [-0.3, -0.25) is 0 Å². The number of hydrogen-bond donors (Lipinski definition) is 2. The van der Waals surface area contributed by atoms with E-state index in [1.807, 2.05) is 11.4 Å². The number of hydrogen-bond acceptors (Lipinski definition) is 3. The third-order valence-corrected chi connectivity index (χ3v) is 2.63. The van der Waals surface area contributed by atoms with Crippen LogP contribution in [0.25, 0.3) is 0 Å². The Morgan fingerprint density at radius 3 is 3.00 bits per heavy atom. The van der Waals surface area contributed by atoms with E-state index < -0.39 is 0 Å². The first kappa shape index (κ1) is 8.04. The molecular formula is C6H8BrNOS. The first-order chi connectivity index (χ1) is 4.83. The molecule has 0 radical (unpaired) electrons. The second-order valence-corrected chi connectivity index (χ2v) is 3.61. The molecule has 0 aliphatic heterocycles. The lowest BCUT2D eigenvalue weighted by atomic mass is 10.6. The van der Waals surface area contributed by atoms with Gasteiger partial charge in [0.15, 0.2) is 0 Å². The molecule has 0 fully saturated rings. The van der Waals surface area contributed by atoms with Crippen LogP contribution in [0, 0.1) is 0 Å². The normalized spacial score (nSPS) is 9.80. The molecule has 0 atom stereocenters. The first-order valence-corrected chi connectivity index (χ1v) is 4.59. The summed E-state index contributed by atoms with van der Waals surface area (Å²) in [5.74, 6) is 0. The van der Waals surface area contributed by atoms with Crippen LogP contribution in [0.5, 0.6) is 0 Å². The summed E-state index contributed by atoms with van der Waals surface area (Å²) < 4.78 is 1.08. The van der Waals surface area contributed by atoms with Gasteiger partial charge >= 0.3 is 0 Å². The van der Waals surface area contributed by atoms with Gasteiger partial charge in [-0.1, -0.05) is 0 Å². The fraction of sp³-hybridized carbons (Fsp3) is 0.333. The van der Waals surface area contributed by atoms with E-state index >= 15 is 0 Å². The van der Waals surface area contributed by atoms with Crippen LogP contribution < -0.4 is 5.32 Å². The second-order valence-electron chi connectivity index (χ2n) is 1.78. The van der Waals surface area contributed by atoms with E-state index in [9.17, 15) is 0 Å². The molecule has 10 heavy (non-hydrogen) atoms. The number of aliphatic hydroxyl groups is 1. The monoisotopic (exact) mass is 221 g/mol. The van der Waals surface area contributed by atoms with Crippen LogP contribution in [0.2, 0.25) is 0 Å². The van der Waals surface area contributed by atoms with Gasteiger partial charge in [0.05, 0.1) is 11.6 Å². The zero-order chi connectivity index (χ0) is 7.40. The molecule has 1 heterocycles. The predicted molar refractivity (Wildman–Crippen MR) is 47.6 cm³/mol. The van der Waals surface area contributed by atoms with Crippen LogP contribution in [-0.2, 0) is 0 Å². The Kier molecular flexibility index (Phi) is 3.18. The molecule has 56 valence electrons. The van der Waals surface area contributed by atoms with Gasteiger partial charge in [-0.15, -0.1) is 11.3 Å². The van der Waals surface area contributed by atoms with Crippen molar-refractivity contribution in [2.24, 2.45) is 0 Å². The SMILES string of the molecule is OCCNc1cc(Br)cs1. The Morgan fingerprint density at radius 2 is 2.50 bits per heavy atom. The Morgan fingerprint density at radius 1 is 1.70 bits per heavy atom. The number of thiophene rings is 1. The zero-order valence-corrected chi connectivity index (χ0v) is 7.70. The van der Waals surface area contributed by atoms with Crippen molar-refractivity contribution in [2.75, 3.05) is 18.5 Å². The summed E-state index contributed by atoms with van der Waals surface area (Å²) in [7, 11) is 0. The number of aliphatic hydroxyl groups excluding tert-OH is 1. The van der Waals surface area contributed by atoms with E-state index in [1.54, 1.807) is 11.3 Å². The first-order valence-electron chi connectivity index (χ1n) is 2.91. The van der Waals surface area contributed by atoms with Crippen LogP contribution in [-0.4, -0.2) is 18.3 Å². The summed E-state index contributed by atoms with van der Waals surface area (Å²) >= 11 is 4.95. The molecular weight excluding hydrogens is 214 g/mol. The van der Waals surface area contributed by atoms with Crippen molar-refractivity contribution in [1.82, 2.24) is 0 Å². The molecule has 1 aromatic rings. The quantitative estimate of drug-likeness (QED) is 0.818. The largest absolute Gasteiger partial charge is 0.395 e. The highest BCUT2D eigenvalue weighted by molar-refractivity contribution is 9.10. The summed E-state index contributed by atoms with van der Waals surface area (Å²) in [6.45, 7) is 0.794. The van der Waals surface area contributed by atoms with Crippen LogP contribution in [0.1, 0.15) is 0 Å². The maximum atomic E-state index is 8.46. The number of halogens is 1. The molecule has 2 N–H and O–H groups in total. The van der Waals surface area contributed by atoms with Crippen molar-refractivity contribution < 1.29 is 5.11 Å². The minimum atomic E-state index is 0.176. The highest BCUT2D eigenvalue weighted by Crippen LogP contribution is 2.23. The molecule has 1 aromatic heterocycles. The van der Waals surface area contributed by atoms with E-state index in [4.69, 9.17) is 5.11 Å². The Balaban J connectivity index is 2.42. The van der Waals surface area contributed by atoms with Gasteiger partial charge in [0.1, 0.15) is 0 Å². The van der Waals surface area contributed by atoms with Crippen molar-refractivity contribution in [3.63, 3.8) is 0 Å². The molecule has 0 spiro atoms. The van der Waals surface area contributed by atoms with Crippen LogP contribution >= 0.6 is 27.3 Å². The Labute approximate surface area is 72.0 Å². The van der Waals surface area contributed by atoms with Gasteiger partial charge in [-0.2, -0.15) is 0 Å². The van der Waals surface area contributed by atoms with Crippen molar-refractivity contribution in [2.45, 2.75) is 0 Å². The average molecular weight is 222 g/mol. The molecule has 0 saturated carbocycles. The third-order valence-electron chi connectivity index (χ3n) is 0.978. The lowest BCUT2D eigenvalue weighted by molar-refractivity contribution is 0.311. The number of rotatable bonds is 3. The lowest BCUT2D eigenvalue weighted by Gasteiger charge is -1.96. The van der Waals surface area contributed by atoms with E-state index in [1.165, 1.54) is 0 Å². The van der Waals surface area contributed by atoms with Crippen molar-refractivity contribution >= 4 is 32.3 Å². The molecule has 0 amide bonds. The molecule has 0 aromatic carbocycles. The highest BCUT2D eigenvalue weighted by atomic mass is 79.9. The second kappa shape index (κ2) is 3.95. The van der Waals surface area contributed by atoms with Gasteiger partial charge < -0.3 is 10.4 Å². The number of anilines is 1. The van der Waals surface area contributed by atoms with Crippen LogP contribution in [0.4, 0.5) is 5.00 Å². The van der Waals surface area contributed by atoms with E-state index in [0.717, 1.165) is 9.47 Å². The molecule has 0 saturated heterocycles. The summed E-state index contributed by atoms with van der Waals surface area (Å²) in [4.78, 5) is 0. The zero-order valence-electron chi connectivity index (χ0n) is 5.30. The Hall–Kier alpha value is -0.0600. The van der Waals surface area contributed by atoms with Gasteiger partial charge in [0.2, 0.25) is 0 Å². The summed E-state index contributed by atoms with van der Waals surface area (Å²) in [5, 5.41) is 14.6. The number of nitrogens with one attached hydrogen (secondary N) is 1. The van der Waals surface area contributed by atoms with Gasteiger partial charge in [-0.05, 0) is 22.0 Å². The van der Waals surface area contributed by atoms with Gasteiger partial charge in [0, 0.05) is 16.4 Å². The fourth-order valence-corrected chi connectivity index (χ4v) is 1.93. The van der Waals surface area contributed by atoms with Gasteiger partial charge in [0.25, 0.3) is 0 Å². The van der Waals surface area contributed by atoms with Crippen molar-refractivity contribution in [3.05, 3.63) is 15.9 Å².